The zero-order chi connectivity index (χ0) is 20.9. The molecule has 0 bridgehead atoms. The fourth-order valence-corrected chi connectivity index (χ4v) is 4.77. The molecule has 1 aliphatic heterocycles. The molecule has 1 aliphatic rings. The van der Waals surface area contributed by atoms with Gasteiger partial charge in [-0.1, -0.05) is 72.3 Å². The van der Waals surface area contributed by atoms with Crippen molar-refractivity contribution in [2.75, 3.05) is 5.75 Å². The maximum absolute atomic E-state index is 12.5. The van der Waals surface area contributed by atoms with E-state index in [0.29, 0.717) is 24.4 Å². The Kier molecular flexibility index (Phi) is 6.19. The second kappa shape index (κ2) is 9.18. The Bertz CT molecular complexity index is 1030. The Balaban J connectivity index is 1.42. The molecule has 0 aromatic heterocycles. The third-order valence-electron chi connectivity index (χ3n) is 5.16. The van der Waals surface area contributed by atoms with E-state index in [1.165, 1.54) is 5.56 Å². The molecule has 0 radical (unpaired) electrons. The number of rotatable bonds is 6. The molecule has 3 aromatic carbocycles. The van der Waals surface area contributed by atoms with Gasteiger partial charge in [0.25, 0.3) is 5.91 Å². The number of nitrogens with one attached hydrogen (secondary N) is 1. The van der Waals surface area contributed by atoms with Crippen LogP contribution in [0.3, 0.4) is 0 Å². The molecule has 1 saturated heterocycles. The van der Waals surface area contributed by atoms with E-state index in [1.54, 1.807) is 11.8 Å². The maximum Gasteiger partial charge on any atom is 0.251 e. The van der Waals surface area contributed by atoms with Crippen LogP contribution in [-0.2, 0) is 17.9 Å². The lowest BCUT2D eigenvalue weighted by Crippen LogP contribution is -2.27. The van der Waals surface area contributed by atoms with Gasteiger partial charge in [-0.15, -0.1) is 11.8 Å². The van der Waals surface area contributed by atoms with Gasteiger partial charge < -0.3 is 10.2 Å². The normalized spacial score (nSPS) is 16.0. The fourth-order valence-electron chi connectivity index (χ4n) is 3.59. The summed E-state index contributed by atoms with van der Waals surface area (Å²) in [5.74, 6) is 0.532. The first-order valence-electron chi connectivity index (χ1n) is 9.99. The van der Waals surface area contributed by atoms with Gasteiger partial charge in [0.05, 0.1) is 5.75 Å². The molecule has 4 nitrogen and oxygen atoms in total. The Morgan fingerprint density at radius 3 is 2.47 bits per heavy atom. The SMILES string of the molecule is Cc1cccc(CNC(=O)c2ccc([C@@H]3SCC(=O)N3Cc3ccccc3)cc2)c1. The number of benzene rings is 3. The number of amides is 2. The highest BCUT2D eigenvalue weighted by molar-refractivity contribution is 8.00. The summed E-state index contributed by atoms with van der Waals surface area (Å²) in [5, 5.41) is 2.95. The van der Waals surface area contributed by atoms with Crippen molar-refractivity contribution in [2.24, 2.45) is 0 Å². The van der Waals surface area contributed by atoms with Crippen LogP contribution in [0.4, 0.5) is 0 Å². The minimum Gasteiger partial charge on any atom is -0.348 e. The predicted molar refractivity (Wildman–Crippen MR) is 121 cm³/mol. The largest absolute Gasteiger partial charge is 0.348 e. The highest BCUT2D eigenvalue weighted by atomic mass is 32.2. The summed E-state index contributed by atoms with van der Waals surface area (Å²) in [4.78, 5) is 26.8. The Morgan fingerprint density at radius 2 is 1.73 bits per heavy atom. The highest BCUT2D eigenvalue weighted by Gasteiger charge is 2.32. The number of aryl methyl sites for hydroxylation is 1. The van der Waals surface area contributed by atoms with Crippen LogP contribution in [0.2, 0.25) is 0 Å². The first-order chi connectivity index (χ1) is 14.6. The van der Waals surface area contributed by atoms with Crippen LogP contribution in [0.15, 0.2) is 78.9 Å². The molecule has 0 spiro atoms. The minimum absolute atomic E-state index is 0.0258. The highest BCUT2D eigenvalue weighted by Crippen LogP contribution is 2.39. The topological polar surface area (TPSA) is 49.4 Å². The second-order valence-corrected chi connectivity index (χ2v) is 8.53. The molecule has 1 atom stereocenters. The van der Waals surface area contributed by atoms with Crippen molar-refractivity contribution in [3.63, 3.8) is 0 Å². The van der Waals surface area contributed by atoms with Gasteiger partial charge in [0, 0.05) is 18.7 Å². The maximum atomic E-state index is 12.5. The van der Waals surface area contributed by atoms with E-state index in [2.05, 4.69) is 11.4 Å². The molecule has 0 unspecified atom stereocenters. The van der Waals surface area contributed by atoms with Crippen LogP contribution in [0.5, 0.6) is 0 Å². The lowest BCUT2D eigenvalue weighted by atomic mass is 10.1. The van der Waals surface area contributed by atoms with Crippen molar-refractivity contribution in [3.8, 4) is 0 Å². The van der Waals surface area contributed by atoms with Crippen LogP contribution >= 0.6 is 11.8 Å². The van der Waals surface area contributed by atoms with Crippen molar-refractivity contribution in [1.82, 2.24) is 10.2 Å². The average molecular weight is 417 g/mol. The summed E-state index contributed by atoms with van der Waals surface area (Å²) >= 11 is 1.63. The summed E-state index contributed by atoms with van der Waals surface area (Å²) < 4.78 is 0. The Labute approximate surface area is 181 Å². The molecule has 30 heavy (non-hydrogen) atoms. The van der Waals surface area contributed by atoms with E-state index in [4.69, 9.17) is 0 Å². The molecule has 2 amide bonds. The van der Waals surface area contributed by atoms with Crippen LogP contribution in [0.1, 0.15) is 38.0 Å². The number of carbonyl (C=O) groups is 2. The lowest BCUT2D eigenvalue weighted by molar-refractivity contribution is -0.128. The molecular weight excluding hydrogens is 392 g/mol. The Hall–Kier alpha value is -3.05. The fraction of sp³-hybridized carbons (Fsp3) is 0.200. The van der Waals surface area contributed by atoms with Gasteiger partial charge in [0.2, 0.25) is 5.91 Å². The summed E-state index contributed by atoms with van der Waals surface area (Å²) in [5.41, 5.74) is 5.03. The molecule has 3 aromatic rings. The van der Waals surface area contributed by atoms with Crippen LogP contribution in [0, 0.1) is 6.92 Å². The van der Waals surface area contributed by atoms with Crippen LogP contribution in [-0.4, -0.2) is 22.5 Å². The van der Waals surface area contributed by atoms with E-state index >= 15 is 0 Å². The first kappa shape index (κ1) is 20.2. The summed E-state index contributed by atoms with van der Waals surface area (Å²) in [6.45, 7) is 3.13. The molecule has 1 fully saturated rings. The standard InChI is InChI=1S/C25H24N2O2S/c1-18-6-5-9-20(14-18)15-26-24(29)21-10-12-22(13-11-21)25-27(23(28)17-30-25)16-19-7-3-2-4-8-19/h2-14,25H,15-17H2,1H3,(H,26,29)/t25-/m0/s1. The van der Waals surface area contributed by atoms with E-state index in [9.17, 15) is 9.59 Å². The van der Waals surface area contributed by atoms with Gasteiger partial charge in [-0.05, 0) is 35.7 Å². The van der Waals surface area contributed by atoms with Crippen molar-refractivity contribution in [3.05, 3.63) is 107 Å². The molecular formula is C25H24N2O2S. The van der Waals surface area contributed by atoms with Gasteiger partial charge >= 0.3 is 0 Å². The quantitative estimate of drug-likeness (QED) is 0.634. The van der Waals surface area contributed by atoms with E-state index < -0.39 is 0 Å². The number of carbonyl (C=O) groups excluding carboxylic acids is 2. The van der Waals surface area contributed by atoms with E-state index in [1.807, 2.05) is 84.6 Å². The monoisotopic (exact) mass is 416 g/mol. The smallest absolute Gasteiger partial charge is 0.251 e. The zero-order valence-electron chi connectivity index (χ0n) is 16.9. The first-order valence-corrected chi connectivity index (χ1v) is 11.0. The van der Waals surface area contributed by atoms with Crippen molar-refractivity contribution < 1.29 is 9.59 Å². The van der Waals surface area contributed by atoms with Gasteiger partial charge in [-0.3, -0.25) is 9.59 Å². The van der Waals surface area contributed by atoms with Crippen molar-refractivity contribution in [1.29, 1.82) is 0 Å². The number of nitrogens with zero attached hydrogens (tertiary/aromatic N) is 1. The summed E-state index contributed by atoms with van der Waals surface area (Å²) in [7, 11) is 0. The van der Waals surface area contributed by atoms with Crippen LogP contribution < -0.4 is 5.32 Å². The average Bonchev–Trinajstić information content (AvgIpc) is 3.13. The Morgan fingerprint density at radius 1 is 1.00 bits per heavy atom. The third kappa shape index (κ3) is 4.74. The number of hydrogen-bond donors (Lipinski definition) is 1. The molecule has 152 valence electrons. The van der Waals surface area contributed by atoms with E-state index in [-0.39, 0.29) is 17.2 Å². The lowest BCUT2D eigenvalue weighted by Gasteiger charge is -2.24. The van der Waals surface area contributed by atoms with Gasteiger partial charge in [0.1, 0.15) is 5.37 Å². The molecule has 1 N–H and O–H groups in total. The second-order valence-electron chi connectivity index (χ2n) is 7.46. The molecule has 0 saturated carbocycles. The minimum atomic E-state index is -0.0978. The van der Waals surface area contributed by atoms with Crippen LogP contribution in [0.25, 0.3) is 0 Å². The number of hydrogen-bond acceptors (Lipinski definition) is 3. The molecule has 1 heterocycles. The van der Waals surface area contributed by atoms with Gasteiger partial charge in [-0.2, -0.15) is 0 Å². The molecule has 4 rings (SSSR count). The predicted octanol–water partition coefficient (Wildman–Crippen LogP) is 4.70. The van der Waals surface area contributed by atoms with E-state index in [0.717, 1.165) is 16.7 Å². The third-order valence-corrected chi connectivity index (χ3v) is 6.41. The zero-order valence-corrected chi connectivity index (χ0v) is 17.7. The molecule has 5 heteroatoms. The van der Waals surface area contributed by atoms with Gasteiger partial charge in [0.15, 0.2) is 0 Å². The summed E-state index contributed by atoms with van der Waals surface area (Å²) in [6, 6.07) is 25.7. The van der Waals surface area contributed by atoms with Crippen molar-refractivity contribution in [2.45, 2.75) is 25.4 Å². The molecule has 0 aliphatic carbocycles. The van der Waals surface area contributed by atoms with Crippen molar-refractivity contribution >= 4 is 23.6 Å². The number of thioether (sulfide) groups is 1. The summed E-state index contributed by atoms with van der Waals surface area (Å²) in [6.07, 6.45) is 0. The van der Waals surface area contributed by atoms with Gasteiger partial charge in [-0.25, -0.2) is 0 Å².